The maximum Gasteiger partial charge on any atom is 0.471 e. The number of epoxide rings is 1. The van der Waals surface area contributed by atoms with Crippen LogP contribution in [-0.2, 0) is 44.8 Å². The Morgan fingerprint density at radius 1 is 0.661 bits per heavy atom. The van der Waals surface area contributed by atoms with Crippen molar-refractivity contribution < 1.29 is 37.4 Å². The molecule has 4 aromatic carbocycles. The zero-order valence-corrected chi connectivity index (χ0v) is 35.0. The number of amides is 3. The fourth-order valence-corrected chi connectivity index (χ4v) is 8.80. The first-order valence-electron chi connectivity index (χ1n) is 21.1. The number of hydrogen-bond acceptors (Lipinski definition) is 10. The number of halogens is 3. The van der Waals surface area contributed by atoms with Crippen molar-refractivity contribution >= 4 is 51.8 Å². The summed E-state index contributed by atoms with van der Waals surface area (Å²) in [6.07, 6.45) is -2.23. The lowest BCUT2D eigenvalue weighted by Gasteiger charge is -2.44. The van der Waals surface area contributed by atoms with Gasteiger partial charge in [-0.3, -0.25) is 19.3 Å². The highest BCUT2D eigenvalue weighted by molar-refractivity contribution is 5.96. The number of rotatable bonds is 6. The summed E-state index contributed by atoms with van der Waals surface area (Å²) in [7, 11) is 0. The van der Waals surface area contributed by atoms with E-state index in [9.17, 15) is 32.7 Å². The predicted octanol–water partition coefficient (Wildman–Crippen LogP) is 4.99. The quantitative estimate of drug-likeness (QED) is 0.115. The molecule has 62 heavy (non-hydrogen) atoms. The van der Waals surface area contributed by atoms with E-state index >= 15 is 0 Å². The fraction of sp³-hybridized carbons (Fsp3) is 0.413. The van der Waals surface area contributed by atoms with Crippen molar-refractivity contribution in [2.45, 2.75) is 70.1 Å². The molecule has 3 heterocycles. The first kappa shape index (κ1) is 44.4. The van der Waals surface area contributed by atoms with Gasteiger partial charge in [0.2, 0.25) is 11.8 Å². The largest absolute Gasteiger partial charge is 0.471 e. The second-order valence-electron chi connectivity index (χ2n) is 16.2. The molecule has 3 aliphatic heterocycles. The maximum absolute atomic E-state index is 12.2. The van der Waals surface area contributed by atoms with Crippen LogP contribution in [0.15, 0.2) is 84.9 Å². The van der Waals surface area contributed by atoms with Crippen LogP contribution in [0.1, 0.15) is 36.1 Å². The molecule has 4 aromatic rings. The number of para-hydroxylation sites is 4. The number of nitrogens with two attached hydrogens (primary N) is 1. The number of benzene rings is 4. The van der Waals surface area contributed by atoms with E-state index in [0.717, 1.165) is 104 Å². The van der Waals surface area contributed by atoms with Crippen molar-refractivity contribution in [3.05, 3.63) is 107 Å². The van der Waals surface area contributed by atoms with E-state index in [4.69, 9.17) is 10.5 Å². The standard InChI is InChI=1S/C22H28N4O2.C12H10F3NO2.C12H17N3O/c1-15(27)24-19-7-2-3-8-20(19)25-9-11-26(12-10-25)21-13-16-5-4-6-18(23)17(16)14-22(21)28;13-12(14,15)11(17)16-8-3-1-2-6-4-9-10(18-9)5-7(6)8;1-10(16)14-11-4-2-3-5-12(11)15-8-6-13-7-9-15/h2-8,21-22,28H,9-14,23H2,1H3,(H,24,27);1-3,9-10H,4-5H2,(H,16,17);2-5,13H,6-9H2,1H3,(H,14,16). The number of hydrogen-bond donors (Lipinski definition) is 6. The molecule has 0 saturated carbocycles. The number of aliphatic hydroxyl groups excluding tert-OH is 1. The molecule has 9 rings (SSSR count). The maximum atomic E-state index is 12.2. The molecule has 4 atom stereocenters. The van der Waals surface area contributed by atoms with E-state index in [0.29, 0.717) is 19.3 Å². The SMILES string of the molecule is CC(=O)Nc1ccccc1N1CCN(C2Cc3cccc(N)c3CC2O)CC1.CC(=O)Nc1ccccc1N1CCNCC1.O=C(Nc1cccc2c1CC1OC1C2)C(F)(F)F. The number of piperazine rings is 2. The molecule has 0 bridgehead atoms. The van der Waals surface area contributed by atoms with Crippen LogP contribution in [0.2, 0.25) is 0 Å². The van der Waals surface area contributed by atoms with Gasteiger partial charge in [0.05, 0.1) is 41.1 Å². The van der Waals surface area contributed by atoms with Crippen molar-refractivity contribution in [1.82, 2.24) is 10.2 Å². The summed E-state index contributed by atoms with van der Waals surface area (Å²) in [5.74, 6) is -2.02. The van der Waals surface area contributed by atoms with Crippen molar-refractivity contribution in [2.24, 2.45) is 0 Å². The van der Waals surface area contributed by atoms with Gasteiger partial charge in [0, 0.05) is 103 Å². The van der Waals surface area contributed by atoms with Gasteiger partial charge in [-0.25, -0.2) is 0 Å². The monoisotopic (exact) mass is 856 g/mol. The normalized spacial score (nSPS) is 21.6. The average molecular weight is 857 g/mol. The lowest BCUT2D eigenvalue weighted by atomic mass is 9.84. The van der Waals surface area contributed by atoms with Crippen LogP contribution < -0.4 is 36.8 Å². The molecule has 7 N–H and O–H groups in total. The highest BCUT2D eigenvalue weighted by Crippen LogP contribution is 2.39. The number of aliphatic hydroxyl groups is 1. The van der Waals surface area contributed by atoms with Gasteiger partial charge in [-0.1, -0.05) is 48.5 Å². The minimum atomic E-state index is -4.87. The molecule has 3 amide bonds. The van der Waals surface area contributed by atoms with Gasteiger partial charge in [-0.05, 0) is 65.1 Å². The Bertz CT molecular complexity index is 2230. The number of carbonyl (C=O) groups is 3. The summed E-state index contributed by atoms with van der Waals surface area (Å²) in [6, 6.07) is 27.0. The van der Waals surface area contributed by atoms with Crippen molar-refractivity contribution in [3.63, 3.8) is 0 Å². The number of anilines is 6. The van der Waals surface area contributed by atoms with Crippen LogP contribution in [0.3, 0.4) is 0 Å². The first-order chi connectivity index (χ1) is 29.7. The summed E-state index contributed by atoms with van der Waals surface area (Å²) < 4.78 is 42.0. The summed E-state index contributed by atoms with van der Waals surface area (Å²) >= 11 is 0. The molecule has 0 spiro atoms. The number of alkyl halides is 3. The topological polar surface area (TPSA) is 168 Å². The van der Waals surface area contributed by atoms with E-state index in [-0.39, 0.29) is 35.8 Å². The molecule has 3 saturated heterocycles. The van der Waals surface area contributed by atoms with Gasteiger partial charge >= 0.3 is 12.1 Å². The number of carbonyl (C=O) groups excluding carboxylic acids is 3. The summed E-state index contributed by atoms with van der Waals surface area (Å²) in [4.78, 5) is 40.5. The Morgan fingerprint density at radius 2 is 1.19 bits per heavy atom. The van der Waals surface area contributed by atoms with E-state index in [1.165, 1.54) is 25.5 Å². The number of nitrogens with one attached hydrogen (secondary N) is 4. The third kappa shape index (κ3) is 11.0. The van der Waals surface area contributed by atoms with Crippen LogP contribution in [-0.4, -0.2) is 111 Å². The minimum absolute atomic E-state index is 0.0254. The number of nitrogen functional groups attached to an aromatic ring is 1. The van der Waals surface area contributed by atoms with Gasteiger partial charge in [-0.2, -0.15) is 13.2 Å². The van der Waals surface area contributed by atoms with Crippen LogP contribution in [0.5, 0.6) is 0 Å². The van der Waals surface area contributed by atoms with Gasteiger partial charge in [0.25, 0.3) is 0 Å². The molecule has 13 nitrogen and oxygen atoms in total. The molecular weight excluding hydrogens is 802 g/mol. The molecule has 0 radical (unpaired) electrons. The highest BCUT2D eigenvalue weighted by Gasteiger charge is 2.44. The average Bonchev–Trinajstić information content (AvgIpc) is 4.02. The third-order valence-electron chi connectivity index (χ3n) is 11.9. The van der Waals surface area contributed by atoms with Gasteiger partial charge in [0.15, 0.2) is 0 Å². The van der Waals surface area contributed by atoms with E-state index in [1.807, 2.05) is 59.9 Å². The molecule has 16 heteroatoms. The predicted molar refractivity (Wildman–Crippen MR) is 236 cm³/mol. The molecule has 0 aromatic heterocycles. The van der Waals surface area contributed by atoms with Crippen molar-refractivity contribution in [1.29, 1.82) is 0 Å². The Balaban J connectivity index is 0.000000148. The second kappa shape index (κ2) is 19.6. The molecule has 330 valence electrons. The smallest absolute Gasteiger partial charge is 0.398 e. The number of ether oxygens (including phenoxy) is 1. The zero-order chi connectivity index (χ0) is 44.0. The summed E-state index contributed by atoms with van der Waals surface area (Å²) in [5.41, 5.74) is 15.1. The molecule has 2 aliphatic carbocycles. The third-order valence-corrected chi connectivity index (χ3v) is 11.9. The van der Waals surface area contributed by atoms with E-state index < -0.39 is 18.2 Å². The van der Waals surface area contributed by atoms with Crippen LogP contribution in [0.4, 0.5) is 47.3 Å². The Morgan fingerprint density at radius 3 is 1.79 bits per heavy atom. The van der Waals surface area contributed by atoms with E-state index in [2.05, 4.69) is 48.8 Å². The fourth-order valence-electron chi connectivity index (χ4n) is 8.80. The molecular formula is C46H55F3N8O5. The van der Waals surface area contributed by atoms with Crippen molar-refractivity contribution in [2.75, 3.05) is 83.8 Å². The van der Waals surface area contributed by atoms with Gasteiger partial charge in [0.1, 0.15) is 0 Å². The summed E-state index contributed by atoms with van der Waals surface area (Å²) in [6.45, 7) is 10.5. The van der Waals surface area contributed by atoms with Crippen LogP contribution in [0.25, 0.3) is 0 Å². The highest BCUT2D eigenvalue weighted by atomic mass is 19.4. The molecule has 3 fully saturated rings. The van der Waals surface area contributed by atoms with Gasteiger partial charge in [-0.15, -0.1) is 0 Å². The van der Waals surface area contributed by atoms with E-state index in [1.54, 1.807) is 6.07 Å². The molecule has 4 unspecified atom stereocenters. The van der Waals surface area contributed by atoms with Gasteiger partial charge < -0.3 is 46.6 Å². The zero-order valence-electron chi connectivity index (χ0n) is 35.0. The summed E-state index contributed by atoms with van der Waals surface area (Å²) in [5, 5.41) is 21.8. The lowest BCUT2D eigenvalue weighted by Crippen LogP contribution is -2.56. The minimum Gasteiger partial charge on any atom is -0.398 e. The Hall–Kier alpha value is -5.68. The first-order valence-corrected chi connectivity index (χ1v) is 21.1. The Labute approximate surface area is 359 Å². The molecule has 5 aliphatic rings. The lowest BCUT2D eigenvalue weighted by molar-refractivity contribution is -0.167. The van der Waals surface area contributed by atoms with Crippen LogP contribution >= 0.6 is 0 Å². The van der Waals surface area contributed by atoms with Crippen molar-refractivity contribution in [3.8, 4) is 0 Å². The Kier molecular flexibility index (Phi) is 14.0. The second-order valence-corrected chi connectivity index (χ2v) is 16.2. The van der Waals surface area contributed by atoms with Crippen LogP contribution in [0, 0.1) is 0 Å². The number of nitrogens with zero attached hydrogens (tertiary/aromatic N) is 3. The number of fused-ring (bicyclic) bond motifs is 3.